The molecule has 0 fully saturated rings. The van der Waals surface area contributed by atoms with Crippen LogP contribution >= 0.6 is 0 Å². The Morgan fingerprint density at radius 2 is 1.75 bits per heavy atom. The van der Waals surface area contributed by atoms with Gasteiger partial charge in [0.25, 0.3) is 0 Å². The number of fused-ring (bicyclic) bond motifs is 1. The highest BCUT2D eigenvalue weighted by Crippen LogP contribution is 2.31. The Kier molecular flexibility index (Phi) is 4.78. The summed E-state index contributed by atoms with van der Waals surface area (Å²) < 4.78 is 5.50. The fourth-order valence-electron chi connectivity index (χ4n) is 2.98. The van der Waals surface area contributed by atoms with E-state index in [4.69, 9.17) is 9.84 Å². The van der Waals surface area contributed by atoms with E-state index in [0.717, 1.165) is 19.3 Å². The molecule has 0 saturated heterocycles. The number of benzene rings is 1. The first-order chi connectivity index (χ1) is 11.0. The molecule has 0 spiro atoms. The average Bonchev–Trinajstić information content (AvgIpc) is 2.81. The molecule has 0 aliphatic heterocycles. The fourth-order valence-corrected chi connectivity index (χ4v) is 2.98. The zero-order valence-corrected chi connectivity index (χ0v) is 15.0. The van der Waals surface area contributed by atoms with E-state index in [1.807, 2.05) is 18.2 Å². The molecule has 1 aliphatic carbocycles. The maximum absolute atomic E-state index is 12.8. The molecule has 0 bridgehead atoms. The van der Waals surface area contributed by atoms with E-state index >= 15 is 0 Å². The highest BCUT2D eigenvalue weighted by Gasteiger charge is 2.37. The minimum absolute atomic E-state index is 0.584. The third-order valence-electron chi connectivity index (χ3n) is 3.89. The molecule has 2 rings (SSSR count). The topological polar surface area (TPSA) is 78.9 Å². The van der Waals surface area contributed by atoms with E-state index in [-0.39, 0.29) is 0 Å². The highest BCUT2D eigenvalue weighted by atomic mass is 16.6. The van der Waals surface area contributed by atoms with Crippen LogP contribution in [0, 0.1) is 0 Å². The van der Waals surface area contributed by atoms with E-state index in [0.29, 0.717) is 5.69 Å². The second-order valence-corrected chi connectivity index (χ2v) is 7.61. The summed E-state index contributed by atoms with van der Waals surface area (Å²) in [5.41, 5.74) is 1.29. The lowest BCUT2D eigenvalue weighted by atomic mass is 10.1. The van der Waals surface area contributed by atoms with Crippen molar-refractivity contribution in [2.24, 2.45) is 0 Å². The first-order valence-corrected chi connectivity index (χ1v) is 8.16. The molecule has 24 heavy (non-hydrogen) atoms. The SMILES string of the molecule is CC(C)(C)OC(=O)N(c1ccc2c(c1)CCC2)C(C)(C)NC(=O)O. The largest absolute Gasteiger partial charge is 0.465 e. The number of carbonyl (C=O) groups is 2. The maximum atomic E-state index is 12.8. The smallest absolute Gasteiger partial charge is 0.416 e. The summed E-state index contributed by atoms with van der Waals surface area (Å²) in [5, 5.41) is 11.5. The molecule has 2 N–H and O–H groups in total. The molecular formula is C18H26N2O4. The van der Waals surface area contributed by atoms with Gasteiger partial charge in [0.1, 0.15) is 11.3 Å². The molecule has 1 aromatic carbocycles. The molecule has 6 heteroatoms. The van der Waals surface area contributed by atoms with Crippen LogP contribution in [0.3, 0.4) is 0 Å². The molecule has 132 valence electrons. The van der Waals surface area contributed by atoms with Gasteiger partial charge in [-0.15, -0.1) is 0 Å². The number of hydrogen-bond donors (Lipinski definition) is 2. The number of carbonyl (C=O) groups excluding carboxylic acids is 1. The predicted octanol–water partition coefficient (Wildman–Crippen LogP) is 3.92. The number of aryl methyl sites for hydroxylation is 2. The number of nitrogens with one attached hydrogen (secondary N) is 1. The van der Waals surface area contributed by atoms with Crippen molar-refractivity contribution in [3.05, 3.63) is 29.3 Å². The van der Waals surface area contributed by atoms with Crippen LogP contribution in [0.2, 0.25) is 0 Å². The molecule has 2 amide bonds. The minimum atomic E-state index is -1.20. The van der Waals surface area contributed by atoms with Crippen LogP contribution < -0.4 is 10.2 Å². The summed E-state index contributed by atoms with van der Waals surface area (Å²) in [6.07, 6.45) is 1.33. The Balaban J connectivity index is 2.42. The van der Waals surface area contributed by atoms with Crippen LogP contribution in [-0.4, -0.2) is 28.6 Å². The molecule has 0 atom stereocenters. The Morgan fingerprint density at radius 3 is 2.33 bits per heavy atom. The Labute approximate surface area is 142 Å². The maximum Gasteiger partial charge on any atom is 0.416 e. The van der Waals surface area contributed by atoms with E-state index in [1.165, 1.54) is 16.0 Å². The molecule has 0 heterocycles. The number of amides is 2. The number of anilines is 1. The molecule has 1 aromatic rings. The summed E-state index contributed by atoms with van der Waals surface area (Å²) in [6, 6.07) is 5.81. The van der Waals surface area contributed by atoms with E-state index < -0.39 is 23.5 Å². The van der Waals surface area contributed by atoms with Crippen molar-refractivity contribution in [3.8, 4) is 0 Å². The highest BCUT2D eigenvalue weighted by molar-refractivity contribution is 5.90. The van der Waals surface area contributed by atoms with Gasteiger partial charge in [-0.1, -0.05) is 6.07 Å². The van der Waals surface area contributed by atoms with Gasteiger partial charge in [-0.25, -0.2) is 9.59 Å². The van der Waals surface area contributed by atoms with Gasteiger partial charge in [0.05, 0.1) is 0 Å². The number of carboxylic acid groups (broad SMARTS) is 1. The van der Waals surface area contributed by atoms with Crippen molar-refractivity contribution in [1.82, 2.24) is 5.32 Å². The van der Waals surface area contributed by atoms with Gasteiger partial charge in [0.15, 0.2) is 0 Å². The van der Waals surface area contributed by atoms with Gasteiger partial charge >= 0.3 is 12.2 Å². The normalized spacial score (nSPS) is 14.0. The van der Waals surface area contributed by atoms with Gasteiger partial charge in [-0.05, 0) is 77.1 Å². The van der Waals surface area contributed by atoms with Crippen LogP contribution in [0.4, 0.5) is 15.3 Å². The van der Waals surface area contributed by atoms with Crippen LogP contribution in [0.5, 0.6) is 0 Å². The first kappa shape index (κ1) is 18.1. The van der Waals surface area contributed by atoms with Gasteiger partial charge < -0.3 is 9.84 Å². The second-order valence-electron chi connectivity index (χ2n) is 7.61. The second kappa shape index (κ2) is 6.34. The monoisotopic (exact) mass is 334 g/mol. The Bertz CT molecular complexity index is 647. The van der Waals surface area contributed by atoms with Crippen molar-refractivity contribution >= 4 is 17.9 Å². The molecule has 0 unspecified atom stereocenters. The Morgan fingerprint density at radius 1 is 1.12 bits per heavy atom. The molecule has 1 aliphatic rings. The van der Waals surface area contributed by atoms with Crippen LogP contribution in [0.25, 0.3) is 0 Å². The van der Waals surface area contributed by atoms with Crippen LogP contribution in [-0.2, 0) is 17.6 Å². The summed E-state index contributed by atoms with van der Waals surface area (Å²) >= 11 is 0. The minimum Gasteiger partial charge on any atom is -0.465 e. The van der Waals surface area contributed by atoms with E-state index in [1.54, 1.807) is 34.6 Å². The standard InChI is InChI=1S/C18H26N2O4/c1-17(2,3)24-16(23)20(18(4,5)19-15(21)22)14-10-9-12-7-6-8-13(12)11-14/h9-11,19H,6-8H2,1-5H3,(H,21,22). The van der Waals surface area contributed by atoms with Crippen molar-refractivity contribution in [3.63, 3.8) is 0 Å². The summed E-state index contributed by atoms with van der Waals surface area (Å²) in [7, 11) is 0. The van der Waals surface area contributed by atoms with E-state index in [9.17, 15) is 9.59 Å². The number of nitrogens with zero attached hydrogens (tertiary/aromatic N) is 1. The quantitative estimate of drug-likeness (QED) is 0.821. The Hall–Kier alpha value is -2.24. The average molecular weight is 334 g/mol. The van der Waals surface area contributed by atoms with E-state index in [2.05, 4.69) is 5.32 Å². The first-order valence-electron chi connectivity index (χ1n) is 8.16. The summed E-state index contributed by atoms with van der Waals surface area (Å²) in [5.74, 6) is 0. The molecule has 0 radical (unpaired) electrons. The zero-order chi connectivity index (χ0) is 18.1. The number of hydrogen-bond acceptors (Lipinski definition) is 3. The number of ether oxygens (including phenoxy) is 1. The van der Waals surface area contributed by atoms with Crippen molar-refractivity contribution < 1.29 is 19.4 Å². The van der Waals surface area contributed by atoms with Crippen LogP contribution in [0.1, 0.15) is 52.2 Å². The number of rotatable bonds is 3. The fraction of sp³-hybridized carbons (Fsp3) is 0.556. The lowest BCUT2D eigenvalue weighted by Gasteiger charge is -2.39. The zero-order valence-electron chi connectivity index (χ0n) is 15.0. The van der Waals surface area contributed by atoms with Gasteiger partial charge in [0, 0.05) is 5.69 Å². The lowest BCUT2D eigenvalue weighted by Crippen LogP contribution is -2.59. The molecule has 0 saturated carbocycles. The lowest BCUT2D eigenvalue weighted by molar-refractivity contribution is 0.0535. The van der Waals surface area contributed by atoms with Gasteiger partial charge in [-0.3, -0.25) is 10.2 Å². The van der Waals surface area contributed by atoms with Crippen molar-refractivity contribution in [1.29, 1.82) is 0 Å². The molecule has 6 nitrogen and oxygen atoms in total. The third kappa shape index (κ3) is 4.19. The van der Waals surface area contributed by atoms with Crippen molar-refractivity contribution in [2.75, 3.05) is 4.90 Å². The molecular weight excluding hydrogens is 308 g/mol. The van der Waals surface area contributed by atoms with Crippen molar-refractivity contribution in [2.45, 2.75) is 65.1 Å². The molecule has 0 aromatic heterocycles. The summed E-state index contributed by atoms with van der Waals surface area (Å²) in [6.45, 7) is 8.62. The predicted molar refractivity (Wildman–Crippen MR) is 92.4 cm³/mol. The summed E-state index contributed by atoms with van der Waals surface area (Å²) in [4.78, 5) is 25.3. The van der Waals surface area contributed by atoms with Gasteiger partial charge in [0.2, 0.25) is 0 Å². The van der Waals surface area contributed by atoms with Crippen LogP contribution in [0.15, 0.2) is 18.2 Å². The van der Waals surface area contributed by atoms with Gasteiger partial charge in [-0.2, -0.15) is 0 Å². The third-order valence-corrected chi connectivity index (χ3v) is 3.89.